The molecule has 1 aromatic heterocycles. The van der Waals surface area contributed by atoms with E-state index in [0.717, 1.165) is 5.56 Å². The number of benzene rings is 1. The van der Waals surface area contributed by atoms with Crippen LogP contribution in [0, 0.1) is 0 Å². The lowest BCUT2D eigenvalue weighted by Gasteiger charge is -2.06. The van der Waals surface area contributed by atoms with Gasteiger partial charge in [-0.2, -0.15) is 0 Å². The minimum absolute atomic E-state index is 0.204. The van der Waals surface area contributed by atoms with Gasteiger partial charge in [0.1, 0.15) is 6.61 Å². The van der Waals surface area contributed by atoms with Gasteiger partial charge in [-0.05, 0) is 12.0 Å². The molecule has 0 amide bonds. The number of hydrogen-bond donors (Lipinski definition) is 0. The molecule has 0 saturated heterocycles. The van der Waals surface area contributed by atoms with Gasteiger partial charge >= 0.3 is 5.97 Å². The van der Waals surface area contributed by atoms with Crippen molar-refractivity contribution >= 4 is 13.8 Å². The fourth-order valence-electron chi connectivity index (χ4n) is 1.43. The van der Waals surface area contributed by atoms with Crippen molar-refractivity contribution in [1.29, 1.82) is 0 Å². The summed E-state index contributed by atoms with van der Waals surface area (Å²) in [6.45, 7) is 0.233. The quantitative estimate of drug-likeness (QED) is 0.584. The second kappa shape index (κ2) is 5.34. The molecular weight excluding hydrogens is 215 g/mol. The van der Waals surface area contributed by atoms with Crippen molar-refractivity contribution in [1.82, 2.24) is 9.55 Å². The first-order valence-electron chi connectivity index (χ1n) is 5.23. The fraction of sp³-hybridized carbons (Fsp3) is 0.167. The second-order valence-corrected chi connectivity index (χ2v) is 3.46. The van der Waals surface area contributed by atoms with Gasteiger partial charge in [0, 0.05) is 12.4 Å². The van der Waals surface area contributed by atoms with Gasteiger partial charge in [-0.3, -0.25) is 0 Å². The Labute approximate surface area is 101 Å². The van der Waals surface area contributed by atoms with Crippen LogP contribution in [0.3, 0.4) is 0 Å². The SMILES string of the molecule is [B]Cn1ccnc1C(=O)OCc1ccccc1. The number of nitrogens with zero attached hydrogens (tertiary/aromatic N) is 2. The van der Waals surface area contributed by atoms with Crippen LogP contribution in [-0.4, -0.2) is 23.4 Å². The maximum atomic E-state index is 11.7. The smallest absolute Gasteiger partial charge is 0.374 e. The largest absolute Gasteiger partial charge is 0.455 e. The van der Waals surface area contributed by atoms with Crippen LogP contribution >= 0.6 is 0 Å². The normalized spacial score (nSPS) is 10.1. The molecule has 2 aromatic rings. The van der Waals surface area contributed by atoms with Gasteiger partial charge in [-0.1, -0.05) is 30.3 Å². The van der Waals surface area contributed by atoms with Crippen molar-refractivity contribution in [2.45, 2.75) is 13.1 Å². The number of carbonyl (C=O) groups excluding carboxylic acids is 1. The molecule has 5 heteroatoms. The minimum atomic E-state index is -0.468. The van der Waals surface area contributed by atoms with Crippen molar-refractivity contribution in [3.05, 3.63) is 54.1 Å². The Hall–Kier alpha value is -2.04. The number of carbonyl (C=O) groups is 1. The molecule has 0 saturated carbocycles. The summed E-state index contributed by atoms with van der Waals surface area (Å²) in [6.07, 6.45) is 3.36. The van der Waals surface area contributed by atoms with E-state index in [9.17, 15) is 4.79 Å². The molecule has 0 aliphatic rings. The summed E-state index contributed by atoms with van der Waals surface area (Å²) < 4.78 is 6.67. The van der Waals surface area contributed by atoms with E-state index in [1.54, 1.807) is 6.20 Å². The van der Waals surface area contributed by atoms with Crippen LogP contribution in [0.15, 0.2) is 42.7 Å². The highest BCUT2D eigenvalue weighted by Crippen LogP contribution is 2.04. The second-order valence-electron chi connectivity index (χ2n) is 3.46. The van der Waals surface area contributed by atoms with Crippen LogP contribution in [0.2, 0.25) is 0 Å². The van der Waals surface area contributed by atoms with Gasteiger partial charge in [0.15, 0.2) is 0 Å². The highest BCUT2D eigenvalue weighted by molar-refractivity contribution is 6.06. The summed E-state index contributed by atoms with van der Waals surface area (Å²) in [6, 6.07) is 9.48. The van der Waals surface area contributed by atoms with E-state index in [0.29, 0.717) is 0 Å². The van der Waals surface area contributed by atoms with E-state index in [1.165, 1.54) is 10.8 Å². The summed E-state index contributed by atoms with van der Waals surface area (Å²) in [5.41, 5.74) is 0.937. The van der Waals surface area contributed by atoms with Crippen LogP contribution in [0.4, 0.5) is 0 Å². The van der Waals surface area contributed by atoms with Crippen LogP contribution in [0.1, 0.15) is 16.2 Å². The van der Waals surface area contributed by atoms with E-state index in [2.05, 4.69) is 4.98 Å². The molecule has 0 bridgehead atoms. The van der Waals surface area contributed by atoms with Gasteiger partial charge in [0.25, 0.3) is 0 Å². The Kier molecular flexibility index (Phi) is 3.60. The maximum Gasteiger partial charge on any atom is 0.374 e. The average Bonchev–Trinajstić information content (AvgIpc) is 2.85. The zero-order chi connectivity index (χ0) is 12.1. The Morgan fingerprint density at radius 1 is 1.35 bits per heavy atom. The average molecular weight is 226 g/mol. The molecule has 0 aliphatic heterocycles. The van der Waals surface area contributed by atoms with Gasteiger partial charge in [0.05, 0.1) is 7.85 Å². The standard InChI is InChI=1S/C12H11BN2O2/c13-9-15-7-6-14-11(15)12(16)17-8-10-4-2-1-3-5-10/h1-7H,8-9H2. The number of esters is 1. The van der Waals surface area contributed by atoms with E-state index in [4.69, 9.17) is 12.6 Å². The van der Waals surface area contributed by atoms with E-state index in [-0.39, 0.29) is 18.9 Å². The summed E-state index contributed by atoms with van der Waals surface area (Å²) >= 11 is 0. The molecule has 0 fully saturated rings. The third-order valence-electron chi connectivity index (χ3n) is 2.31. The van der Waals surface area contributed by atoms with E-state index >= 15 is 0 Å². The molecule has 0 spiro atoms. The van der Waals surface area contributed by atoms with Crippen molar-refractivity contribution < 1.29 is 9.53 Å². The Morgan fingerprint density at radius 3 is 2.82 bits per heavy atom. The van der Waals surface area contributed by atoms with E-state index in [1.807, 2.05) is 30.3 Å². The van der Waals surface area contributed by atoms with Crippen LogP contribution in [0.25, 0.3) is 0 Å². The first kappa shape index (κ1) is 11.5. The van der Waals surface area contributed by atoms with Gasteiger partial charge in [-0.25, -0.2) is 9.78 Å². The molecule has 0 N–H and O–H groups in total. The molecule has 1 heterocycles. The summed E-state index contributed by atoms with van der Waals surface area (Å²) in [4.78, 5) is 15.6. The molecule has 0 unspecified atom stereocenters. The predicted octanol–water partition coefficient (Wildman–Crippen LogP) is 1.37. The molecule has 84 valence electrons. The van der Waals surface area contributed by atoms with Crippen molar-refractivity contribution in [3.8, 4) is 0 Å². The zero-order valence-electron chi connectivity index (χ0n) is 9.24. The monoisotopic (exact) mass is 226 g/mol. The number of imidazole rings is 1. The minimum Gasteiger partial charge on any atom is -0.455 e. The Bertz CT molecular complexity index is 496. The lowest BCUT2D eigenvalue weighted by atomic mass is 10.1. The molecule has 4 nitrogen and oxygen atoms in total. The van der Waals surface area contributed by atoms with Crippen molar-refractivity contribution in [2.75, 3.05) is 0 Å². The number of aromatic nitrogens is 2. The van der Waals surface area contributed by atoms with Gasteiger partial charge < -0.3 is 9.30 Å². The van der Waals surface area contributed by atoms with Crippen molar-refractivity contribution in [3.63, 3.8) is 0 Å². The predicted molar refractivity (Wildman–Crippen MR) is 63.5 cm³/mol. The van der Waals surface area contributed by atoms with Crippen molar-refractivity contribution in [2.24, 2.45) is 0 Å². The Balaban J connectivity index is 1.98. The first-order valence-corrected chi connectivity index (χ1v) is 5.23. The molecule has 1 aromatic carbocycles. The number of ether oxygens (including phenoxy) is 1. The molecule has 0 aliphatic carbocycles. The third-order valence-corrected chi connectivity index (χ3v) is 2.31. The van der Waals surface area contributed by atoms with Gasteiger partial charge in [-0.15, -0.1) is 0 Å². The molecule has 2 radical (unpaired) electrons. The first-order chi connectivity index (χ1) is 8.31. The third kappa shape index (κ3) is 2.75. The fourth-order valence-corrected chi connectivity index (χ4v) is 1.43. The lowest BCUT2D eigenvalue weighted by Crippen LogP contribution is -2.13. The summed E-state index contributed by atoms with van der Waals surface area (Å²) in [5.74, 6) is -0.243. The highest BCUT2D eigenvalue weighted by Gasteiger charge is 2.13. The molecule has 2 rings (SSSR count). The summed E-state index contributed by atoms with van der Waals surface area (Å²) in [5, 5.41) is 0. The van der Waals surface area contributed by atoms with Crippen LogP contribution in [-0.2, 0) is 17.8 Å². The highest BCUT2D eigenvalue weighted by atomic mass is 16.5. The topological polar surface area (TPSA) is 44.1 Å². The Morgan fingerprint density at radius 2 is 2.12 bits per heavy atom. The molecule has 17 heavy (non-hydrogen) atoms. The van der Waals surface area contributed by atoms with Gasteiger partial charge in [0.2, 0.25) is 5.82 Å². The van der Waals surface area contributed by atoms with Crippen LogP contribution in [0.5, 0.6) is 0 Å². The molecular formula is C12H11BN2O2. The van der Waals surface area contributed by atoms with Crippen LogP contribution < -0.4 is 0 Å². The number of rotatable bonds is 4. The zero-order valence-corrected chi connectivity index (χ0v) is 9.24. The molecule has 0 atom stereocenters. The maximum absolute atomic E-state index is 11.7. The summed E-state index contributed by atoms with van der Waals surface area (Å²) in [7, 11) is 5.46. The number of hydrogen-bond acceptors (Lipinski definition) is 3. The van der Waals surface area contributed by atoms with E-state index < -0.39 is 5.97 Å². The lowest BCUT2D eigenvalue weighted by molar-refractivity contribution is 0.0453.